The van der Waals surface area contributed by atoms with Gasteiger partial charge in [0.2, 0.25) is 6.41 Å². The van der Waals surface area contributed by atoms with Crippen LogP contribution < -0.4 is 16.0 Å². The smallest absolute Gasteiger partial charge is 0.318 e. The number of benzene rings is 2. The van der Waals surface area contributed by atoms with Gasteiger partial charge in [0.15, 0.2) is 0 Å². The Bertz CT molecular complexity index is 1170. The average molecular weight is 475 g/mol. The van der Waals surface area contributed by atoms with Crippen molar-refractivity contribution in [2.24, 2.45) is 5.73 Å². The predicted molar refractivity (Wildman–Crippen MR) is 135 cm³/mol. The summed E-state index contributed by atoms with van der Waals surface area (Å²) in [4.78, 5) is 27.5. The number of aliphatic hydroxyl groups excluding tert-OH is 1. The van der Waals surface area contributed by atoms with Crippen LogP contribution in [-0.4, -0.2) is 58.7 Å². The van der Waals surface area contributed by atoms with Gasteiger partial charge in [-0.15, -0.1) is 6.42 Å². The number of urea groups is 1. The first-order chi connectivity index (χ1) is 16.8. The standard InChI is InChI=1S/C24H26N4O.C2H4N2O2/c1-4-18-5-9-21(10-6-18)28-16-22(29)15-23(28)19-7-11-20(12-8-19)27-14-13-25-24(27)17-26(2)3;3-2(6)4-1-5/h1,5-14,22-23,29H,15-17H2,2-3H3;1H,(H3,3,4,5,6)/t22-,23-;/m1./s1. The molecule has 2 aromatic carbocycles. The van der Waals surface area contributed by atoms with E-state index in [9.17, 15) is 14.7 Å². The van der Waals surface area contributed by atoms with Gasteiger partial charge >= 0.3 is 6.03 Å². The number of β-amino-alcohol motifs (C(OH)–C–C–N with tert-alkyl or cyclic N) is 1. The lowest BCUT2D eigenvalue weighted by atomic mass is 10.0. The number of aliphatic hydroxyl groups is 1. The Kier molecular flexibility index (Phi) is 8.62. The lowest BCUT2D eigenvalue weighted by Gasteiger charge is -2.27. The minimum atomic E-state index is -0.829. The SMILES string of the molecule is C#Cc1ccc(N2C[C@H](O)C[C@@H]2c2ccc(-n3ccnc3CN(C)C)cc2)cc1.NC(=O)NC=O. The number of anilines is 1. The highest BCUT2D eigenvalue weighted by Gasteiger charge is 2.32. The molecule has 1 aliphatic heterocycles. The molecule has 9 nitrogen and oxygen atoms in total. The lowest BCUT2D eigenvalue weighted by Crippen LogP contribution is -2.27. The summed E-state index contributed by atoms with van der Waals surface area (Å²) in [5.74, 6) is 3.66. The number of imide groups is 1. The molecule has 1 aliphatic rings. The fourth-order valence-corrected chi connectivity index (χ4v) is 4.05. The Morgan fingerprint density at radius 3 is 2.43 bits per heavy atom. The lowest BCUT2D eigenvalue weighted by molar-refractivity contribution is -0.108. The number of hydrogen-bond acceptors (Lipinski definition) is 6. The summed E-state index contributed by atoms with van der Waals surface area (Å²) in [7, 11) is 4.08. The molecule has 2 atom stereocenters. The second-order valence-corrected chi connectivity index (χ2v) is 8.42. The number of aromatic nitrogens is 2. The van der Waals surface area contributed by atoms with E-state index < -0.39 is 6.03 Å². The van der Waals surface area contributed by atoms with E-state index in [2.05, 4.69) is 55.3 Å². The van der Waals surface area contributed by atoms with Crippen LogP contribution in [0.2, 0.25) is 0 Å². The number of hydrogen-bond donors (Lipinski definition) is 3. The highest BCUT2D eigenvalue weighted by molar-refractivity contribution is 5.82. The van der Waals surface area contributed by atoms with Gasteiger partial charge in [0.05, 0.1) is 18.7 Å². The fourth-order valence-electron chi connectivity index (χ4n) is 4.05. The number of nitrogens with two attached hydrogens (primary N) is 1. The molecule has 182 valence electrons. The number of carbonyl (C=O) groups is 2. The highest BCUT2D eigenvalue weighted by atomic mass is 16.3. The Hall–Kier alpha value is -4.13. The van der Waals surface area contributed by atoms with Crippen molar-refractivity contribution in [3.05, 3.63) is 77.9 Å². The van der Waals surface area contributed by atoms with Gasteiger partial charge in [-0.2, -0.15) is 0 Å². The number of nitrogens with zero attached hydrogens (tertiary/aromatic N) is 4. The quantitative estimate of drug-likeness (QED) is 0.372. The van der Waals surface area contributed by atoms with Crippen LogP contribution in [0.1, 0.15) is 29.4 Å². The van der Waals surface area contributed by atoms with Crippen LogP contribution in [0.25, 0.3) is 5.69 Å². The van der Waals surface area contributed by atoms with E-state index in [1.54, 1.807) is 5.32 Å². The molecule has 1 saturated heterocycles. The summed E-state index contributed by atoms with van der Waals surface area (Å²) in [6, 6.07) is 15.8. The van der Waals surface area contributed by atoms with Crippen LogP contribution in [0.15, 0.2) is 60.9 Å². The second kappa shape index (κ2) is 11.8. The first-order valence-corrected chi connectivity index (χ1v) is 11.1. The number of carbonyl (C=O) groups excluding carboxylic acids is 2. The molecule has 0 aliphatic carbocycles. The molecule has 0 radical (unpaired) electrons. The summed E-state index contributed by atoms with van der Waals surface area (Å²) in [5.41, 5.74) is 8.65. The average Bonchev–Trinajstić information content (AvgIpc) is 3.45. The Labute approximate surface area is 205 Å². The van der Waals surface area contributed by atoms with E-state index in [0.29, 0.717) is 13.0 Å². The molecule has 9 heteroatoms. The number of rotatable bonds is 6. The minimum Gasteiger partial charge on any atom is -0.391 e. The maximum Gasteiger partial charge on any atom is 0.318 e. The third-order valence-corrected chi connectivity index (χ3v) is 5.58. The normalized spacial score (nSPS) is 16.8. The summed E-state index contributed by atoms with van der Waals surface area (Å²) in [6.07, 6.45) is 9.90. The van der Waals surface area contributed by atoms with Crippen LogP contribution in [0.3, 0.4) is 0 Å². The predicted octanol–water partition coefficient (Wildman–Crippen LogP) is 2.04. The maximum absolute atomic E-state index is 10.3. The fraction of sp³-hybridized carbons (Fsp3) is 0.269. The van der Waals surface area contributed by atoms with Crippen LogP contribution in [0.5, 0.6) is 0 Å². The van der Waals surface area contributed by atoms with E-state index >= 15 is 0 Å². The molecule has 4 N–H and O–H groups in total. The molecule has 35 heavy (non-hydrogen) atoms. The van der Waals surface area contributed by atoms with Gasteiger partial charge in [-0.25, -0.2) is 9.78 Å². The number of amides is 3. The molecular formula is C26H30N6O3. The summed E-state index contributed by atoms with van der Waals surface area (Å²) in [5, 5.41) is 12.0. The van der Waals surface area contributed by atoms with Gasteiger partial charge in [0, 0.05) is 35.9 Å². The Morgan fingerprint density at radius 2 is 1.89 bits per heavy atom. The Morgan fingerprint density at radius 1 is 1.23 bits per heavy atom. The molecule has 0 bridgehead atoms. The molecule has 4 rings (SSSR count). The molecular weight excluding hydrogens is 444 g/mol. The number of primary amides is 1. The van der Waals surface area contributed by atoms with Crippen LogP contribution in [0.4, 0.5) is 10.5 Å². The van der Waals surface area contributed by atoms with Gasteiger partial charge in [-0.1, -0.05) is 18.1 Å². The molecule has 3 amide bonds. The molecule has 1 aromatic heterocycles. The molecule has 1 fully saturated rings. The van der Waals surface area contributed by atoms with Crippen molar-refractivity contribution in [3.63, 3.8) is 0 Å². The van der Waals surface area contributed by atoms with E-state index in [1.807, 2.05) is 50.8 Å². The zero-order valence-electron chi connectivity index (χ0n) is 19.8. The van der Waals surface area contributed by atoms with Crippen LogP contribution >= 0.6 is 0 Å². The third kappa shape index (κ3) is 6.69. The molecule has 2 heterocycles. The first kappa shape index (κ1) is 25.5. The topological polar surface area (TPSA) is 117 Å². The summed E-state index contributed by atoms with van der Waals surface area (Å²) >= 11 is 0. The summed E-state index contributed by atoms with van der Waals surface area (Å²) in [6.45, 7) is 1.40. The first-order valence-electron chi connectivity index (χ1n) is 11.1. The minimum absolute atomic E-state index is 0.139. The molecule has 0 spiro atoms. The van der Waals surface area contributed by atoms with Crippen molar-refractivity contribution in [3.8, 4) is 18.0 Å². The van der Waals surface area contributed by atoms with E-state index in [0.717, 1.165) is 29.3 Å². The van der Waals surface area contributed by atoms with E-state index in [-0.39, 0.29) is 18.6 Å². The highest BCUT2D eigenvalue weighted by Crippen LogP contribution is 2.36. The van der Waals surface area contributed by atoms with Crippen molar-refractivity contribution in [1.29, 1.82) is 0 Å². The number of imidazole rings is 1. The largest absolute Gasteiger partial charge is 0.391 e. The zero-order valence-corrected chi connectivity index (χ0v) is 19.8. The maximum atomic E-state index is 10.3. The van der Waals surface area contributed by atoms with Gasteiger partial charge in [0.1, 0.15) is 5.82 Å². The summed E-state index contributed by atoms with van der Waals surface area (Å²) < 4.78 is 2.11. The van der Waals surface area contributed by atoms with Gasteiger partial charge < -0.3 is 25.2 Å². The zero-order chi connectivity index (χ0) is 25.4. The van der Waals surface area contributed by atoms with Crippen molar-refractivity contribution in [2.45, 2.75) is 25.1 Å². The Balaban J connectivity index is 0.000000509. The van der Waals surface area contributed by atoms with Gasteiger partial charge in [-0.3, -0.25) is 10.1 Å². The second-order valence-electron chi connectivity index (χ2n) is 8.42. The van der Waals surface area contributed by atoms with Crippen LogP contribution in [-0.2, 0) is 11.3 Å². The molecule has 3 aromatic rings. The molecule has 0 unspecified atom stereocenters. The van der Waals surface area contributed by atoms with Crippen molar-refractivity contribution in [1.82, 2.24) is 19.8 Å². The third-order valence-electron chi connectivity index (χ3n) is 5.58. The number of nitrogens with one attached hydrogen (secondary N) is 1. The van der Waals surface area contributed by atoms with E-state index in [4.69, 9.17) is 6.42 Å². The van der Waals surface area contributed by atoms with Crippen LogP contribution in [0, 0.1) is 12.3 Å². The van der Waals surface area contributed by atoms with Crippen molar-refractivity contribution < 1.29 is 14.7 Å². The van der Waals surface area contributed by atoms with Crippen molar-refractivity contribution >= 4 is 18.1 Å². The van der Waals surface area contributed by atoms with Crippen molar-refractivity contribution in [2.75, 3.05) is 25.5 Å². The monoisotopic (exact) mass is 474 g/mol. The van der Waals surface area contributed by atoms with Gasteiger partial charge in [0.25, 0.3) is 0 Å². The van der Waals surface area contributed by atoms with E-state index in [1.165, 1.54) is 5.56 Å². The van der Waals surface area contributed by atoms with Gasteiger partial charge in [-0.05, 0) is 62.5 Å². The number of terminal acetylenes is 1. The molecule has 0 saturated carbocycles.